The van der Waals surface area contributed by atoms with Crippen molar-refractivity contribution in [3.05, 3.63) is 47.0 Å². The molecule has 0 aliphatic rings. The third-order valence-corrected chi connectivity index (χ3v) is 2.12. The molecule has 0 aliphatic carbocycles. The van der Waals surface area contributed by atoms with Crippen molar-refractivity contribution in [2.45, 2.75) is 0 Å². The molecule has 0 spiro atoms. The maximum absolute atomic E-state index is 10.1. The number of carbonyl (C=O) groups excluding carboxylic acids is 4. The van der Waals surface area contributed by atoms with Crippen molar-refractivity contribution in [2.24, 2.45) is 0 Å². The molecular weight excluding hydrogens is 260 g/mol. The highest BCUT2D eigenvalue weighted by Crippen LogP contribution is 1.99. The number of aromatic amines is 2. The van der Waals surface area contributed by atoms with E-state index < -0.39 is 0 Å². The van der Waals surface area contributed by atoms with E-state index in [1.807, 2.05) is 0 Å². The van der Waals surface area contributed by atoms with Crippen molar-refractivity contribution in [1.29, 1.82) is 0 Å². The summed E-state index contributed by atoms with van der Waals surface area (Å²) in [6, 6.07) is 3.10. The molecule has 20 heavy (non-hydrogen) atoms. The molecule has 0 atom stereocenters. The molecule has 0 aromatic carbocycles. The Kier molecular flexibility index (Phi) is 8.23. The quantitative estimate of drug-likeness (QED) is 0.651. The van der Waals surface area contributed by atoms with Crippen LogP contribution in [0.4, 0.5) is 0 Å². The van der Waals surface area contributed by atoms with Gasteiger partial charge in [-0.3, -0.25) is 19.2 Å². The number of aldehydes is 4. The molecule has 2 aromatic heterocycles. The third kappa shape index (κ3) is 4.58. The minimum Gasteiger partial charge on any atom is -0.358 e. The lowest BCUT2D eigenvalue weighted by Crippen LogP contribution is -1.84. The lowest BCUT2D eigenvalue weighted by atomic mass is 10.3. The average Bonchev–Trinajstić information content (AvgIpc) is 3.17. The fourth-order valence-electron chi connectivity index (χ4n) is 1.20. The van der Waals surface area contributed by atoms with E-state index in [4.69, 9.17) is 0 Å². The summed E-state index contributed by atoms with van der Waals surface area (Å²) in [6.45, 7) is 0. The minimum atomic E-state index is 0.338. The molecule has 102 valence electrons. The van der Waals surface area contributed by atoms with Gasteiger partial charge in [-0.25, -0.2) is 0 Å². The predicted octanol–water partition coefficient (Wildman–Crippen LogP) is 1.53. The maximum atomic E-state index is 10.1. The molecule has 0 aliphatic heterocycles. The first kappa shape index (κ1) is 16.8. The van der Waals surface area contributed by atoms with E-state index in [9.17, 15) is 19.2 Å². The van der Waals surface area contributed by atoms with E-state index in [0.717, 1.165) is 0 Å². The van der Waals surface area contributed by atoms with Gasteiger partial charge in [0.1, 0.15) is 0 Å². The second kappa shape index (κ2) is 9.79. The highest BCUT2D eigenvalue weighted by Gasteiger charge is 1.98. The number of hydrogen-bond donors (Lipinski definition) is 2. The molecule has 0 bridgehead atoms. The SMILES string of the molecule is C#C.O=Cc1cc[nH]c1C=O.O=Cc1cc[nH]c1C=O. The first-order valence-corrected chi connectivity index (χ1v) is 5.25. The Bertz CT molecular complexity index is 498. The van der Waals surface area contributed by atoms with E-state index in [2.05, 4.69) is 22.8 Å². The first-order valence-electron chi connectivity index (χ1n) is 5.25. The Balaban J connectivity index is 0.000000321. The number of nitrogens with one attached hydrogen (secondary N) is 2. The lowest BCUT2D eigenvalue weighted by molar-refractivity contribution is 0.109. The topological polar surface area (TPSA) is 99.9 Å². The van der Waals surface area contributed by atoms with Crippen LogP contribution in [0.15, 0.2) is 24.5 Å². The van der Waals surface area contributed by atoms with Crippen molar-refractivity contribution in [2.75, 3.05) is 0 Å². The molecule has 2 heterocycles. The van der Waals surface area contributed by atoms with E-state index in [1.54, 1.807) is 24.5 Å². The average molecular weight is 272 g/mol. The second-order valence-electron chi connectivity index (χ2n) is 3.16. The fourth-order valence-corrected chi connectivity index (χ4v) is 1.20. The molecule has 2 rings (SSSR count). The van der Waals surface area contributed by atoms with Gasteiger partial charge in [0.05, 0.1) is 11.4 Å². The molecule has 0 unspecified atom stereocenters. The molecule has 2 aromatic rings. The van der Waals surface area contributed by atoms with Crippen LogP contribution >= 0.6 is 0 Å². The number of hydrogen-bond acceptors (Lipinski definition) is 4. The lowest BCUT2D eigenvalue weighted by Gasteiger charge is -1.79. The van der Waals surface area contributed by atoms with Gasteiger partial charge < -0.3 is 9.97 Å². The predicted molar refractivity (Wildman–Crippen MR) is 73.0 cm³/mol. The van der Waals surface area contributed by atoms with Crippen LogP contribution < -0.4 is 0 Å². The standard InChI is InChI=1S/2C6H5NO2.C2H2/c2*8-3-5-1-2-7-6(5)4-9;1-2/h2*1-4,7H;1-2H. The fraction of sp³-hybridized carbons (Fsp3) is 0. The Labute approximate surface area is 115 Å². The van der Waals surface area contributed by atoms with Gasteiger partial charge >= 0.3 is 0 Å². The molecule has 0 fully saturated rings. The molecule has 6 nitrogen and oxygen atoms in total. The second-order valence-corrected chi connectivity index (χ2v) is 3.16. The molecule has 0 radical (unpaired) electrons. The van der Waals surface area contributed by atoms with Gasteiger partial charge in [0.15, 0.2) is 25.1 Å². The zero-order valence-corrected chi connectivity index (χ0v) is 10.4. The molecule has 6 heteroatoms. The van der Waals surface area contributed by atoms with Crippen LogP contribution in [-0.4, -0.2) is 35.1 Å². The highest BCUT2D eigenvalue weighted by molar-refractivity contribution is 5.89. The molecule has 2 N–H and O–H groups in total. The first-order chi connectivity index (χ1) is 9.76. The maximum Gasteiger partial charge on any atom is 0.166 e. The Morgan fingerprint density at radius 3 is 1.25 bits per heavy atom. The van der Waals surface area contributed by atoms with Crippen LogP contribution in [0.1, 0.15) is 41.7 Å². The van der Waals surface area contributed by atoms with Crippen molar-refractivity contribution in [3.8, 4) is 12.8 Å². The van der Waals surface area contributed by atoms with Gasteiger partial charge in [-0.1, -0.05) is 0 Å². The van der Waals surface area contributed by atoms with Gasteiger partial charge in [-0.2, -0.15) is 0 Å². The third-order valence-electron chi connectivity index (χ3n) is 2.12. The number of terminal acetylenes is 1. The highest BCUT2D eigenvalue weighted by atomic mass is 16.1. The van der Waals surface area contributed by atoms with Crippen molar-refractivity contribution in [3.63, 3.8) is 0 Å². The number of rotatable bonds is 4. The normalized spacial score (nSPS) is 8.10. The summed E-state index contributed by atoms with van der Waals surface area (Å²) >= 11 is 0. The minimum absolute atomic E-state index is 0.338. The summed E-state index contributed by atoms with van der Waals surface area (Å²) < 4.78 is 0. The molecule has 0 saturated carbocycles. The Morgan fingerprint density at radius 1 is 0.700 bits per heavy atom. The number of carbonyl (C=O) groups is 4. The van der Waals surface area contributed by atoms with Crippen LogP contribution in [0, 0.1) is 12.8 Å². The largest absolute Gasteiger partial charge is 0.358 e. The van der Waals surface area contributed by atoms with E-state index in [0.29, 0.717) is 47.7 Å². The van der Waals surface area contributed by atoms with Gasteiger partial charge in [-0.05, 0) is 12.1 Å². The molecule has 0 saturated heterocycles. The summed E-state index contributed by atoms with van der Waals surface area (Å²) in [5.74, 6) is 0. The summed E-state index contributed by atoms with van der Waals surface area (Å²) in [6.07, 6.45) is 13.6. The van der Waals surface area contributed by atoms with Gasteiger partial charge in [0, 0.05) is 23.5 Å². The van der Waals surface area contributed by atoms with Gasteiger partial charge in [0.2, 0.25) is 0 Å². The van der Waals surface area contributed by atoms with Gasteiger partial charge in [0.25, 0.3) is 0 Å². The van der Waals surface area contributed by atoms with Crippen LogP contribution in [0.5, 0.6) is 0 Å². The van der Waals surface area contributed by atoms with Gasteiger partial charge in [-0.15, -0.1) is 12.8 Å². The zero-order chi connectivity index (χ0) is 15.4. The Morgan fingerprint density at radius 2 is 1.05 bits per heavy atom. The monoisotopic (exact) mass is 272 g/mol. The summed E-state index contributed by atoms with van der Waals surface area (Å²) in [4.78, 5) is 45.5. The van der Waals surface area contributed by atoms with Crippen molar-refractivity contribution < 1.29 is 19.2 Å². The van der Waals surface area contributed by atoms with Crippen LogP contribution in [0.25, 0.3) is 0 Å². The summed E-state index contributed by atoms with van der Waals surface area (Å²) in [7, 11) is 0. The summed E-state index contributed by atoms with van der Waals surface area (Å²) in [5, 5.41) is 0. The Hall–Kier alpha value is -3.20. The van der Waals surface area contributed by atoms with Crippen LogP contribution in [0.2, 0.25) is 0 Å². The molecule has 0 amide bonds. The van der Waals surface area contributed by atoms with Crippen molar-refractivity contribution >= 4 is 25.1 Å². The van der Waals surface area contributed by atoms with E-state index in [1.165, 1.54) is 0 Å². The summed E-state index contributed by atoms with van der Waals surface area (Å²) in [5.41, 5.74) is 1.49. The zero-order valence-electron chi connectivity index (χ0n) is 10.4. The smallest absolute Gasteiger partial charge is 0.166 e. The van der Waals surface area contributed by atoms with Crippen molar-refractivity contribution in [1.82, 2.24) is 9.97 Å². The van der Waals surface area contributed by atoms with Crippen LogP contribution in [-0.2, 0) is 0 Å². The van der Waals surface area contributed by atoms with E-state index >= 15 is 0 Å². The van der Waals surface area contributed by atoms with E-state index in [-0.39, 0.29) is 0 Å². The molecular formula is C14H12N2O4. The van der Waals surface area contributed by atoms with Crippen LogP contribution in [0.3, 0.4) is 0 Å². The number of H-pyrrole nitrogens is 2. The number of aromatic nitrogens is 2.